The summed E-state index contributed by atoms with van der Waals surface area (Å²) in [6, 6.07) is 11.3. The molecular weight excluding hydrogens is 347 g/mol. The topological polar surface area (TPSA) is 84.5 Å². The quantitative estimate of drug-likeness (QED) is 0.788. The zero-order valence-electron chi connectivity index (χ0n) is 13.8. The van der Waals surface area contributed by atoms with Gasteiger partial charge in [0.2, 0.25) is 15.9 Å². The Bertz CT molecular complexity index is 821. The third kappa shape index (κ3) is 6.17. The molecule has 25 heavy (non-hydrogen) atoms. The Balaban J connectivity index is 2.14. The Kier molecular flexibility index (Phi) is 6.11. The Morgan fingerprint density at radius 2 is 1.72 bits per heavy atom. The maximum Gasteiger partial charge on any atom is 0.226 e. The number of carbonyl (C=O) groups excluding carboxylic acids is 1. The number of hydrogen-bond acceptors (Lipinski definition) is 4. The summed E-state index contributed by atoms with van der Waals surface area (Å²) in [5.41, 5.74) is 1.06. The van der Waals surface area contributed by atoms with Crippen molar-refractivity contribution in [1.82, 2.24) is 4.72 Å². The summed E-state index contributed by atoms with van der Waals surface area (Å²) in [6.07, 6.45) is 0.915. The van der Waals surface area contributed by atoms with Crippen LogP contribution in [0.5, 0.6) is 5.75 Å². The lowest BCUT2D eigenvalue weighted by atomic mass is 10.0. The number of nitrogens with one attached hydrogen (secondary N) is 2. The molecule has 1 amide bonds. The van der Waals surface area contributed by atoms with Gasteiger partial charge in [-0.2, -0.15) is 0 Å². The molecule has 8 heteroatoms. The summed E-state index contributed by atoms with van der Waals surface area (Å²) >= 11 is 0. The maximum atomic E-state index is 12.9. The average Bonchev–Trinajstić information content (AvgIpc) is 2.55. The third-order valence-electron chi connectivity index (χ3n) is 3.39. The first-order valence-electron chi connectivity index (χ1n) is 7.43. The molecule has 0 bridgehead atoms. The fourth-order valence-corrected chi connectivity index (χ4v) is 2.99. The predicted octanol–water partition coefficient (Wildman–Crippen LogP) is 2.45. The molecule has 0 aliphatic carbocycles. The molecule has 0 aliphatic rings. The summed E-state index contributed by atoms with van der Waals surface area (Å²) < 4.78 is 43.6. The number of amides is 1. The van der Waals surface area contributed by atoms with Gasteiger partial charge < -0.3 is 10.1 Å². The number of carbonyl (C=O) groups is 1. The van der Waals surface area contributed by atoms with Gasteiger partial charge in [-0.05, 0) is 42.0 Å². The predicted molar refractivity (Wildman–Crippen MR) is 93.4 cm³/mol. The van der Waals surface area contributed by atoms with Gasteiger partial charge in [-0.25, -0.2) is 17.5 Å². The zero-order chi connectivity index (χ0) is 18.4. The highest BCUT2D eigenvalue weighted by molar-refractivity contribution is 7.88. The number of anilines is 1. The van der Waals surface area contributed by atoms with Crippen LogP contribution in [0.4, 0.5) is 10.1 Å². The minimum atomic E-state index is -3.52. The summed E-state index contributed by atoms with van der Waals surface area (Å²) in [4.78, 5) is 12.2. The lowest BCUT2D eigenvalue weighted by Crippen LogP contribution is -2.30. The molecule has 0 saturated carbocycles. The summed E-state index contributed by atoms with van der Waals surface area (Å²) in [7, 11) is -2.00. The number of halogens is 1. The molecule has 0 saturated heterocycles. The van der Waals surface area contributed by atoms with Gasteiger partial charge in [-0.15, -0.1) is 0 Å². The molecule has 6 nitrogen and oxygen atoms in total. The van der Waals surface area contributed by atoms with Crippen molar-refractivity contribution in [2.24, 2.45) is 0 Å². The first-order chi connectivity index (χ1) is 11.8. The van der Waals surface area contributed by atoms with E-state index in [0.29, 0.717) is 17.0 Å². The minimum Gasteiger partial charge on any atom is -0.497 e. The molecule has 2 aromatic carbocycles. The van der Waals surface area contributed by atoms with Gasteiger partial charge in [-0.1, -0.05) is 12.1 Å². The number of benzene rings is 2. The molecule has 0 aromatic heterocycles. The standard InChI is InChI=1S/C17H19FN2O4S/c1-24-15-9-3-12(4-10-15)16(20-25(2,22)23)11-17(21)19-14-7-5-13(18)6-8-14/h3-10,16,20H,11H2,1-2H3,(H,19,21)/t16-/m1/s1. The van der Waals surface area contributed by atoms with E-state index in [1.807, 2.05) is 0 Å². The lowest BCUT2D eigenvalue weighted by molar-refractivity contribution is -0.116. The van der Waals surface area contributed by atoms with Crippen LogP contribution in [0.3, 0.4) is 0 Å². The Morgan fingerprint density at radius 3 is 2.24 bits per heavy atom. The fourth-order valence-electron chi connectivity index (χ4n) is 2.25. The van der Waals surface area contributed by atoms with E-state index in [2.05, 4.69) is 10.0 Å². The van der Waals surface area contributed by atoms with Crippen LogP contribution in [0.1, 0.15) is 18.0 Å². The largest absolute Gasteiger partial charge is 0.497 e. The van der Waals surface area contributed by atoms with Crippen LogP contribution in [0.2, 0.25) is 0 Å². The molecule has 0 aliphatic heterocycles. The lowest BCUT2D eigenvalue weighted by Gasteiger charge is -2.18. The zero-order valence-corrected chi connectivity index (χ0v) is 14.6. The normalized spacial score (nSPS) is 12.4. The highest BCUT2D eigenvalue weighted by Gasteiger charge is 2.20. The summed E-state index contributed by atoms with van der Waals surface area (Å²) in [5.74, 6) is -0.186. The number of ether oxygens (including phenoxy) is 1. The van der Waals surface area contributed by atoms with Gasteiger partial charge in [0.05, 0.1) is 19.4 Å². The molecule has 134 valence electrons. The fraction of sp³-hybridized carbons (Fsp3) is 0.235. The van der Waals surface area contributed by atoms with Gasteiger partial charge in [0.25, 0.3) is 0 Å². The van der Waals surface area contributed by atoms with E-state index in [1.165, 1.54) is 31.4 Å². The third-order valence-corrected chi connectivity index (χ3v) is 4.10. The van der Waals surface area contributed by atoms with Crippen molar-refractivity contribution in [1.29, 1.82) is 0 Å². The van der Waals surface area contributed by atoms with E-state index in [4.69, 9.17) is 4.74 Å². The molecule has 0 spiro atoms. The second-order valence-electron chi connectivity index (χ2n) is 5.47. The minimum absolute atomic E-state index is 0.114. The van der Waals surface area contributed by atoms with Crippen molar-refractivity contribution in [2.45, 2.75) is 12.5 Å². The van der Waals surface area contributed by atoms with Crippen molar-refractivity contribution < 1.29 is 22.3 Å². The van der Waals surface area contributed by atoms with Crippen LogP contribution in [-0.4, -0.2) is 27.7 Å². The Labute approximate surface area is 146 Å². The maximum absolute atomic E-state index is 12.9. The molecule has 2 N–H and O–H groups in total. The molecule has 0 radical (unpaired) electrons. The summed E-state index contributed by atoms with van der Waals surface area (Å²) in [5, 5.41) is 2.61. The SMILES string of the molecule is COc1ccc([C@@H](CC(=O)Nc2ccc(F)cc2)NS(C)(=O)=O)cc1. The van der Waals surface area contributed by atoms with Crippen molar-refractivity contribution in [3.05, 3.63) is 59.9 Å². The van der Waals surface area contributed by atoms with Crippen LogP contribution < -0.4 is 14.8 Å². The highest BCUT2D eigenvalue weighted by Crippen LogP contribution is 2.22. The first kappa shape index (κ1) is 18.9. The van der Waals surface area contributed by atoms with Gasteiger partial charge in [0, 0.05) is 12.1 Å². The number of hydrogen-bond donors (Lipinski definition) is 2. The van der Waals surface area contributed by atoms with E-state index in [-0.39, 0.29) is 6.42 Å². The molecule has 1 atom stereocenters. The van der Waals surface area contributed by atoms with Gasteiger partial charge in [-0.3, -0.25) is 4.79 Å². The molecule has 0 heterocycles. The van der Waals surface area contributed by atoms with Crippen LogP contribution >= 0.6 is 0 Å². The van der Waals surface area contributed by atoms with E-state index in [1.54, 1.807) is 24.3 Å². The van der Waals surface area contributed by atoms with Crippen LogP contribution in [-0.2, 0) is 14.8 Å². The van der Waals surface area contributed by atoms with E-state index < -0.39 is 27.8 Å². The molecular formula is C17H19FN2O4S. The molecule has 2 rings (SSSR count). The van der Waals surface area contributed by atoms with Crippen molar-refractivity contribution in [3.8, 4) is 5.75 Å². The Hall–Kier alpha value is -2.45. The monoisotopic (exact) mass is 366 g/mol. The van der Waals surface area contributed by atoms with Gasteiger partial charge in [0.15, 0.2) is 0 Å². The number of sulfonamides is 1. The van der Waals surface area contributed by atoms with Crippen LogP contribution in [0.15, 0.2) is 48.5 Å². The van der Waals surface area contributed by atoms with Crippen molar-refractivity contribution in [3.63, 3.8) is 0 Å². The van der Waals surface area contributed by atoms with Gasteiger partial charge in [0.1, 0.15) is 11.6 Å². The number of rotatable bonds is 7. The van der Waals surface area contributed by atoms with E-state index >= 15 is 0 Å². The average molecular weight is 366 g/mol. The van der Waals surface area contributed by atoms with Gasteiger partial charge >= 0.3 is 0 Å². The highest BCUT2D eigenvalue weighted by atomic mass is 32.2. The smallest absolute Gasteiger partial charge is 0.226 e. The van der Waals surface area contributed by atoms with E-state index in [9.17, 15) is 17.6 Å². The Morgan fingerprint density at radius 1 is 1.12 bits per heavy atom. The molecule has 0 unspecified atom stereocenters. The summed E-state index contributed by atoms with van der Waals surface area (Å²) in [6.45, 7) is 0. The van der Waals surface area contributed by atoms with Crippen LogP contribution in [0, 0.1) is 5.82 Å². The first-order valence-corrected chi connectivity index (χ1v) is 9.32. The number of methoxy groups -OCH3 is 1. The second-order valence-corrected chi connectivity index (χ2v) is 7.25. The van der Waals surface area contributed by atoms with Crippen LogP contribution in [0.25, 0.3) is 0 Å². The van der Waals surface area contributed by atoms with E-state index in [0.717, 1.165) is 6.26 Å². The van der Waals surface area contributed by atoms with Crippen molar-refractivity contribution in [2.75, 3.05) is 18.7 Å². The van der Waals surface area contributed by atoms with Crippen molar-refractivity contribution >= 4 is 21.6 Å². The molecule has 2 aromatic rings. The second kappa shape index (κ2) is 8.09. The molecule has 0 fully saturated rings.